The lowest BCUT2D eigenvalue weighted by Crippen LogP contribution is -1.86. The molecule has 18 heavy (non-hydrogen) atoms. The zero-order valence-electron chi connectivity index (χ0n) is 9.18. The maximum atomic E-state index is 8.73. The van der Waals surface area contributed by atoms with Crippen LogP contribution >= 0.6 is 15.9 Å². The average Bonchev–Trinajstić information content (AvgIpc) is 2.84. The Morgan fingerprint density at radius 1 is 1.22 bits per heavy atom. The summed E-state index contributed by atoms with van der Waals surface area (Å²) < 4.78 is 0.941. The van der Waals surface area contributed by atoms with E-state index in [-0.39, 0.29) is 0 Å². The van der Waals surface area contributed by atoms with Gasteiger partial charge < -0.3 is 4.98 Å². The van der Waals surface area contributed by atoms with Crippen LogP contribution in [0.15, 0.2) is 41.0 Å². The van der Waals surface area contributed by atoms with Crippen molar-refractivity contribution in [1.29, 1.82) is 5.26 Å². The highest BCUT2D eigenvalue weighted by Gasteiger charge is 2.08. The number of nitriles is 1. The number of aromatic nitrogens is 3. The summed E-state index contributed by atoms with van der Waals surface area (Å²) in [6.07, 6.45) is 1.54. The molecule has 1 N–H and O–H groups in total. The Morgan fingerprint density at radius 2 is 2.11 bits per heavy atom. The summed E-state index contributed by atoms with van der Waals surface area (Å²) in [5.74, 6) is 0.696. The number of hydrogen-bond acceptors (Lipinski definition) is 3. The molecule has 0 atom stereocenters. The lowest BCUT2D eigenvalue weighted by atomic mass is 10.2. The number of rotatable bonds is 1. The van der Waals surface area contributed by atoms with Gasteiger partial charge in [-0.2, -0.15) is 5.26 Å². The molecule has 5 heteroatoms. The van der Waals surface area contributed by atoms with Crippen LogP contribution in [0.4, 0.5) is 0 Å². The molecule has 2 heterocycles. The van der Waals surface area contributed by atoms with Crippen LogP contribution in [-0.4, -0.2) is 15.0 Å². The maximum Gasteiger partial charge on any atom is 0.157 e. The van der Waals surface area contributed by atoms with E-state index in [9.17, 15) is 0 Å². The van der Waals surface area contributed by atoms with E-state index >= 15 is 0 Å². The monoisotopic (exact) mass is 298 g/mol. The molecule has 1 aromatic carbocycles. The van der Waals surface area contributed by atoms with E-state index in [1.54, 1.807) is 12.1 Å². The molecule has 0 aliphatic rings. The normalized spacial score (nSPS) is 10.4. The number of nitrogens with zero attached hydrogens (tertiary/aromatic N) is 3. The molecule has 0 amide bonds. The Hall–Kier alpha value is -2.19. The van der Waals surface area contributed by atoms with Gasteiger partial charge in [-0.1, -0.05) is 6.07 Å². The zero-order chi connectivity index (χ0) is 12.5. The van der Waals surface area contributed by atoms with E-state index in [1.807, 2.05) is 24.3 Å². The van der Waals surface area contributed by atoms with Gasteiger partial charge in [-0.3, -0.25) is 4.98 Å². The van der Waals surface area contributed by atoms with E-state index in [2.05, 4.69) is 30.9 Å². The van der Waals surface area contributed by atoms with Crippen molar-refractivity contribution in [3.05, 3.63) is 46.6 Å². The first kappa shape index (κ1) is 10.9. The predicted octanol–water partition coefficient (Wildman–Crippen LogP) is 3.26. The van der Waals surface area contributed by atoms with Gasteiger partial charge in [0.05, 0.1) is 11.1 Å². The van der Waals surface area contributed by atoms with Gasteiger partial charge in [-0.15, -0.1) is 0 Å². The zero-order valence-corrected chi connectivity index (χ0v) is 10.8. The first-order valence-electron chi connectivity index (χ1n) is 5.28. The van der Waals surface area contributed by atoms with Crippen molar-refractivity contribution < 1.29 is 0 Å². The molecule has 0 saturated carbocycles. The summed E-state index contributed by atoms with van der Waals surface area (Å²) in [7, 11) is 0. The van der Waals surface area contributed by atoms with Crippen LogP contribution < -0.4 is 0 Å². The molecule has 3 rings (SSSR count). The topological polar surface area (TPSA) is 65.4 Å². The lowest BCUT2D eigenvalue weighted by Gasteiger charge is -1.94. The third-order valence-corrected chi connectivity index (χ3v) is 3.24. The Balaban J connectivity index is 2.14. The second-order valence-corrected chi connectivity index (χ2v) is 4.62. The minimum absolute atomic E-state index is 0.538. The maximum absolute atomic E-state index is 8.73. The van der Waals surface area contributed by atoms with E-state index in [1.165, 1.54) is 6.20 Å². The second-order valence-electron chi connectivity index (χ2n) is 3.77. The molecular weight excluding hydrogens is 292 g/mol. The SMILES string of the molecule is N#Cc1ccc(-c2nc3c(Br)cccc3[nH]2)nc1. The van der Waals surface area contributed by atoms with Crippen molar-refractivity contribution in [2.45, 2.75) is 0 Å². The van der Waals surface area contributed by atoms with Gasteiger partial charge in [0.25, 0.3) is 0 Å². The highest BCUT2D eigenvalue weighted by molar-refractivity contribution is 9.10. The fourth-order valence-corrected chi connectivity index (χ4v) is 2.17. The fraction of sp³-hybridized carbons (Fsp3) is 0. The molecule has 0 aliphatic carbocycles. The van der Waals surface area contributed by atoms with Crippen LogP contribution in [0.1, 0.15) is 5.56 Å². The Morgan fingerprint density at radius 3 is 2.78 bits per heavy atom. The molecule has 0 bridgehead atoms. The predicted molar refractivity (Wildman–Crippen MR) is 71.7 cm³/mol. The molecule has 4 nitrogen and oxygen atoms in total. The van der Waals surface area contributed by atoms with E-state index in [0.717, 1.165) is 21.2 Å². The Labute approximate surface area is 111 Å². The van der Waals surface area contributed by atoms with Gasteiger partial charge in [0.2, 0.25) is 0 Å². The van der Waals surface area contributed by atoms with Crippen LogP contribution in [0.2, 0.25) is 0 Å². The first-order valence-corrected chi connectivity index (χ1v) is 6.08. The minimum atomic E-state index is 0.538. The van der Waals surface area contributed by atoms with Crippen LogP contribution in [0.5, 0.6) is 0 Å². The second kappa shape index (κ2) is 4.24. The summed E-state index contributed by atoms with van der Waals surface area (Å²) >= 11 is 3.46. The molecular formula is C13H7BrN4. The molecule has 0 aliphatic heterocycles. The molecule has 0 unspecified atom stereocenters. The van der Waals surface area contributed by atoms with E-state index < -0.39 is 0 Å². The van der Waals surface area contributed by atoms with Crippen LogP contribution in [0.3, 0.4) is 0 Å². The van der Waals surface area contributed by atoms with Gasteiger partial charge in [0, 0.05) is 10.7 Å². The largest absolute Gasteiger partial charge is 0.337 e. The van der Waals surface area contributed by atoms with Crippen molar-refractivity contribution in [2.75, 3.05) is 0 Å². The van der Waals surface area contributed by atoms with Crippen LogP contribution in [-0.2, 0) is 0 Å². The number of benzene rings is 1. The van der Waals surface area contributed by atoms with Crippen molar-refractivity contribution in [2.24, 2.45) is 0 Å². The minimum Gasteiger partial charge on any atom is -0.337 e. The van der Waals surface area contributed by atoms with Crippen LogP contribution in [0.25, 0.3) is 22.6 Å². The van der Waals surface area contributed by atoms with Crippen molar-refractivity contribution >= 4 is 27.0 Å². The number of aromatic amines is 1. The van der Waals surface area contributed by atoms with Gasteiger partial charge in [-0.05, 0) is 40.2 Å². The molecule has 2 aromatic heterocycles. The number of para-hydroxylation sites is 1. The number of nitrogens with one attached hydrogen (secondary N) is 1. The number of fused-ring (bicyclic) bond motifs is 1. The van der Waals surface area contributed by atoms with Gasteiger partial charge in [0.1, 0.15) is 17.3 Å². The summed E-state index contributed by atoms with van der Waals surface area (Å²) in [6.45, 7) is 0. The molecule has 0 radical (unpaired) electrons. The summed E-state index contributed by atoms with van der Waals surface area (Å²) in [6, 6.07) is 11.4. The number of imidazole rings is 1. The average molecular weight is 299 g/mol. The van der Waals surface area contributed by atoms with Crippen LogP contribution in [0, 0.1) is 11.3 Å². The third kappa shape index (κ3) is 1.77. The number of halogens is 1. The van der Waals surface area contributed by atoms with E-state index in [0.29, 0.717) is 11.4 Å². The van der Waals surface area contributed by atoms with Gasteiger partial charge in [-0.25, -0.2) is 4.98 Å². The smallest absolute Gasteiger partial charge is 0.157 e. The van der Waals surface area contributed by atoms with E-state index in [4.69, 9.17) is 5.26 Å². The van der Waals surface area contributed by atoms with Crippen molar-refractivity contribution in [1.82, 2.24) is 15.0 Å². The molecule has 3 aromatic rings. The summed E-state index contributed by atoms with van der Waals surface area (Å²) in [5.41, 5.74) is 3.08. The highest BCUT2D eigenvalue weighted by atomic mass is 79.9. The third-order valence-electron chi connectivity index (χ3n) is 2.60. The molecule has 0 spiro atoms. The Kier molecular flexibility index (Phi) is 2.58. The number of H-pyrrole nitrogens is 1. The van der Waals surface area contributed by atoms with Gasteiger partial charge in [0.15, 0.2) is 5.82 Å². The van der Waals surface area contributed by atoms with Crippen molar-refractivity contribution in [3.63, 3.8) is 0 Å². The molecule has 86 valence electrons. The number of pyridine rings is 1. The lowest BCUT2D eigenvalue weighted by molar-refractivity contribution is 1.23. The highest BCUT2D eigenvalue weighted by Crippen LogP contribution is 2.24. The number of hydrogen-bond donors (Lipinski definition) is 1. The quantitative estimate of drug-likeness (QED) is 0.750. The summed E-state index contributed by atoms with van der Waals surface area (Å²) in [4.78, 5) is 11.9. The van der Waals surface area contributed by atoms with Gasteiger partial charge >= 0.3 is 0 Å². The molecule has 0 saturated heterocycles. The molecule has 0 fully saturated rings. The van der Waals surface area contributed by atoms with Crippen molar-refractivity contribution in [3.8, 4) is 17.6 Å². The first-order chi connectivity index (χ1) is 8.78. The fourth-order valence-electron chi connectivity index (χ4n) is 1.72. The summed E-state index contributed by atoms with van der Waals surface area (Å²) in [5, 5.41) is 8.73. The standard InChI is InChI=1S/C13H7BrN4/c14-9-2-1-3-10-12(9)18-13(17-10)11-5-4-8(6-15)7-16-11/h1-5,7H,(H,17,18). The Bertz CT molecular complexity index is 753.